The number of nitrogens with one attached hydrogen (secondary N) is 3. The van der Waals surface area contributed by atoms with Crippen molar-refractivity contribution in [3.05, 3.63) is 23.8 Å². The largest absolute Gasteiger partial charge is 0.332 e. The Kier molecular flexibility index (Phi) is 8.04. The van der Waals surface area contributed by atoms with Gasteiger partial charge in [-0.25, -0.2) is 0 Å². The van der Waals surface area contributed by atoms with Crippen LogP contribution in [-0.2, 0) is 9.59 Å². The van der Waals surface area contributed by atoms with Gasteiger partial charge in [0.05, 0.1) is 0 Å². The van der Waals surface area contributed by atoms with E-state index < -0.39 is 0 Å². The summed E-state index contributed by atoms with van der Waals surface area (Å²) in [4.78, 5) is 23.9. The molecule has 1 aromatic rings. The minimum atomic E-state index is -0.0617. The number of unbranched alkanes of at least 4 members (excludes halogenated alkanes) is 4. The van der Waals surface area contributed by atoms with E-state index in [1.54, 1.807) is 0 Å². The number of rotatable bonds is 9. The Balaban J connectivity index is 1.78. The molecule has 0 spiro atoms. The van der Waals surface area contributed by atoms with E-state index in [0.29, 0.717) is 6.42 Å². The van der Waals surface area contributed by atoms with Crippen molar-refractivity contribution in [1.29, 1.82) is 0 Å². The maximum absolute atomic E-state index is 12.0. The molecule has 6 heteroatoms. The molecule has 0 atom stereocenters. The molecule has 2 rings (SSSR count). The molecule has 0 radical (unpaired) electrons. The molecule has 2 amide bonds. The summed E-state index contributed by atoms with van der Waals surface area (Å²) in [5.74, 6) is 0.168. The number of anilines is 2. The molecule has 0 unspecified atom stereocenters. The van der Waals surface area contributed by atoms with Crippen molar-refractivity contribution < 1.29 is 9.59 Å². The minimum Gasteiger partial charge on any atom is -0.332 e. The molecule has 26 heavy (non-hydrogen) atoms. The van der Waals surface area contributed by atoms with Gasteiger partial charge in [-0.3, -0.25) is 9.59 Å². The molecule has 0 heterocycles. The number of aryl methyl sites for hydroxylation is 1. The van der Waals surface area contributed by atoms with Crippen LogP contribution in [0.3, 0.4) is 0 Å². The van der Waals surface area contributed by atoms with Crippen LogP contribution < -0.4 is 16.0 Å². The second-order valence-corrected chi connectivity index (χ2v) is 7.37. The third-order valence-corrected chi connectivity index (χ3v) is 4.67. The Bertz CT molecular complexity index is 656. The summed E-state index contributed by atoms with van der Waals surface area (Å²) < 4.78 is 0. The van der Waals surface area contributed by atoms with Crippen molar-refractivity contribution in [2.45, 2.75) is 65.2 Å². The number of carbonyl (C=O) groups excluding carboxylic acids is 2. The van der Waals surface area contributed by atoms with Crippen molar-refractivity contribution in [3.63, 3.8) is 0 Å². The summed E-state index contributed by atoms with van der Waals surface area (Å²) in [6, 6.07) is 5.65. The first-order valence-electron chi connectivity index (χ1n) is 9.52. The van der Waals surface area contributed by atoms with Gasteiger partial charge in [0.25, 0.3) is 0 Å². The third kappa shape index (κ3) is 7.12. The number of benzene rings is 1. The lowest BCUT2D eigenvalue weighted by Gasteiger charge is -2.13. The molecule has 0 bridgehead atoms. The quantitative estimate of drug-likeness (QED) is 0.438. The molecule has 0 saturated heterocycles. The Morgan fingerprint density at radius 3 is 2.54 bits per heavy atom. The SMILES string of the molecule is CCCCCCCC(=O)NC(=S)Nc1ccc(C)c(NC(=O)C2CC2)c1. The van der Waals surface area contributed by atoms with Crippen LogP contribution in [0.1, 0.15) is 63.9 Å². The summed E-state index contributed by atoms with van der Waals surface area (Å²) in [7, 11) is 0. The smallest absolute Gasteiger partial charge is 0.227 e. The van der Waals surface area contributed by atoms with Crippen molar-refractivity contribution in [2.24, 2.45) is 5.92 Å². The van der Waals surface area contributed by atoms with Crippen LogP contribution in [0.5, 0.6) is 0 Å². The highest BCUT2D eigenvalue weighted by atomic mass is 32.1. The topological polar surface area (TPSA) is 70.2 Å². The lowest BCUT2D eigenvalue weighted by molar-refractivity contribution is -0.120. The Morgan fingerprint density at radius 1 is 1.12 bits per heavy atom. The third-order valence-electron chi connectivity index (χ3n) is 4.46. The predicted molar refractivity (Wildman–Crippen MR) is 110 cm³/mol. The van der Waals surface area contributed by atoms with Gasteiger partial charge in [-0.1, -0.05) is 38.7 Å². The van der Waals surface area contributed by atoms with E-state index in [1.165, 1.54) is 19.3 Å². The van der Waals surface area contributed by atoms with Gasteiger partial charge in [-0.2, -0.15) is 0 Å². The average Bonchev–Trinajstić information content (AvgIpc) is 3.42. The Morgan fingerprint density at radius 2 is 1.85 bits per heavy atom. The number of hydrogen-bond acceptors (Lipinski definition) is 3. The second-order valence-electron chi connectivity index (χ2n) is 6.96. The molecule has 1 saturated carbocycles. The van der Waals surface area contributed by atoms with E-state index in [-0.39, 0.29) is 22.8 Å². The first-order chi connectivity index (χ1) is 12.5. The Labute approximate surface area is 161 Å². The van der Waals surface area contributed by atoms with Gasteiger partial charge in [0, 0.05) is 23.7 Å². The molecule has 1 aromatic carbocycles. The standard InChI is InChI=1S/C20H29N3O2S/c1-3-4-5-6-7-8-18(24)23-20(26)21-16-12-9-14(2)17(13-16)22-19(25)15-10-11-15/h9,12-13,15H,3-8,10-11H2,1-2H3,(H,22,25)(H2,21,23,24,26). The highest BCUT2D eigenvalue weighted by Gasteiger charge is 2.29. The number of amides is 2. The van der Waals surface area contributed by atoms with Gasteiger partial charge >= 0.3 is 0 Å². The molecule has 142 valence electrons. The molecular weight excluding hydrogens is 346 g/mol. The monoisotopic (exact) mass is 375 g/mol. The molecule has 1 aliphatic rings. The summed E-state index contributed by atoms with van der Waals surface area (Å²) in [5.41, 5.74) is 2.51. The first kappa shape index (κ1) is 20.4. The van der Waals surface area contributed by atoms with E-state index in [9.17, 15) is 9.59 Å². The van der Waals surface area contributed by atoms with Gasteiger partial charge < -0.3 is 16.0 Å². The number of thiocarbonyl (C=S) groups is 1. The zero-order chi connectivity index (χ0) is 18.9. The number of carbonyl (C=O) groups is 2. The molecule has 5 nitrogen and oxygen atoms in total. The second kappa shape index (κ2) is 10.3. The van der Waals surface area contributed by atoms with E-state index in [2.05, 4.69) is 22.9 Å². The molecule has 3 N–H and O–H groups in total. The highest BCUT2D eigenvalue weighted by molar-refractivity contribution is 7.80. The van der Waals surface area contributed by atoms with E-state index in [4.69, 9.17) is 12.2 Å². The van der Waals surface area contributed by atoms with E-state index in [0.717, 1.165) is 42.6 Å². The number of hydrogen-bond donors (Lipinski definition) is 3. The van der Waals surface area contributed by atoms with Gasteiger partial charge in [0.2, 0.25) is 11.8 Å². The maximum atomic E-state index is 12.0. The predicted octanol–water partition coefficient (Wildman–Crippen LogP) is 4.52. The van der Waals surface area contributed by atoms with Gasteiger partial charge in [-0.05, 0) is 56.1 Å². The van der Waals surface area contributed by atoms with Crippen LogP contribution in [0.4, 0.5) is 11.4 Å². The summed E-state index contributed by atoms with van der Waals surface area (Å²) >= 11 is 5.22. The van der Waals surface area contributed by atoms with Crippen LogP contribution in [-0.4, -0.2) is 16.9 Å². The molecule has 0 aliphatic heterocycles. The summed E-state index contributed by atoms with van der Waals surface area (Å²) in [6.07, 6.45) is 7.97. The maximum Gasteiger partial charge on any atom is 0.227 e. The van der Waals surface area contributed by atoms with Gasteiger partial charge in [-0.15, -0.1) is 0 Å². The Hall–Kier alpha value is -1.95. The fraction of sp³-hybridized carbons (Fsp3) is 0.550. The summed E-state index contributed by atoms with van der Waals surface area (Å²) in [5, 5.41) is 8.98. The van der Waals surface area contributed by atoms with Crippen LogP contribution in [0.2, 0.25) is 0 Å². The van der Waals surface area contributed by atoms with Gasteiger partial charge in [0.15, 0.2) is 5.11 Å². The van der Waals surface area contributed by atoms with E-state index in [1.807, 2.05) is 25.1 Å². The zero-order valence-electron chi connectivity index (χ0n) is 15.7. The fourth-order valence-corrected chi connectivity index (χ4v) is 2.89. The molecular formula is C20H29N3O2S. The lowest BCUT2D eigenvalue weighted by Crippen LogP contribution is -2.33. The van der Waals surface area contributed by atoms with Crippen molar-refractivity contribution in [3.8, 4) is 0 Å². The zero-order valence-corrected chi connectivity index (χ0v) is 16.5. The van der Waals surface area contributed by atoms with Crippen molar-refractivity contribution in [2.75, 3.05) is 10.6 Å². The lowest BCUT2D eigenvalue weighted by atomic mass is 10.1. The fourth-order valence-electron chi connectivity index (χ4n) is 2.66. The summed E-state index contributed by atoms with van der Waals surface area (Å²) in [6.45, 7) is 4.12. The van der Waals surface area contributed by atoms with Crippen LogP contribution in [0.25, 0.3) is 0 Å². The first-order valence-corrected chi connectivity index (χ1v) is 9.92. The van der Waals surface area contributed by atoms with Crippen molar-refractivity contribution in [1.82, 2.24) is 5.32 Å². The van der Waals surface area contributed by atoms with Gasteiger partial charge in [0.1, 0.15) is 0 Å². The average molecular weight is 376 g/mol. The molecule has 1 fully saturated rings. The van der Waals surface area contributed by atoms with Crippen molar-refractivity contribution >= 4 is 40.5 Å². The van der Waals surface area contributed by atoms with Crippen LogP contribution in [0, 0.1) is 12.8 Å². The highest BCUT2D eigenvalue weighted by Crippen LogP contribution is 2.31. The van der Waals surface area contributed by atoms with Crippen LogP contribution in [0.15, 0.2) is 18.2 Å². The normalized spacial score (nSPS) is 13.2. The van der Waals surface area contributed by atoms with Crippen LogP contribution >= 0.6 is 12.2 Å². The van der Waals surface area contributed by atoms with E-state index >= 15 is 0 Å². The minimum absolute atomic E-state index is 0.0617. The molecule has 0 aromatic heterocycles. The molecule has 1 aliphatic carbocycles.